The van der Waals surface area contributed by atoms with Crippen LogP contribution in [0, 0.1) is 19.1 Å². The molecule has 0 bridgehead atoms. The fraction of sp³-hybridized carbons (Fsp3) is 0.0189. The molecule has 0 aliphatic rings. The molecule has 0 N–H and O–H groups in total. The van der Waals surface area contributed by atoms with E-state index < -0.39 is 0 Å². The van der Waals surface area contributed by atoms with Gasteiger partial charge in [0.05, 0.1) is 0 Å². The van der Waals surface area contributed by atoms with Gasteiger partial charge in [-0.1, -0.05) is 91.0 Å². The average molecular weight is 923 g/mol. The Morgan fingerprint density at radius 2 is 1.03 bits per heavy atom. The van der Waals surface area contributed by atoms with Crippen LogP contribution in [0.4, 0.5) is 0 Å². The molecule has 58 heavy (non-hydrogen) atoms. The number of aryl methyl sites for hydroxylation is 1. The molecule has 0 unspecified atom stereocenters. The van der Waals surface area contributed by atoms with Crippen molar-refractivity contribution in [1.82, 2.24) is 9.97 Å². The second-order valence-electron chi connectivity index (χ2n) is 14.0. The Kier molecular flexibility index (Phi) is 10.1. The van der Waals surface area contributed by atoms with E-state index in [0.29, 0.717) is 0 Å². The van der Waals surface area contributed by atoms with Gasteiger partial charge in [-0.2, -0.15) is 0 Å². The minimum absolute atomic E-state index is 0. The maximum absolute atomic E-state index is 6.70. The maximum Gasteiger partial charge on any atom is 0.179 e. The Balaban J connectivity index is 0.000000288. The fourth-order valence-electron chi connectivity index (χ4n) is 7.59. The summed E-state index contributed by atoms with van der Waals surface area (Å²) < 4.78 is 13.3. The number of pyridine rings is 2. The molecule has 0 spiro atoms. The van der Waals surface area contributed by atoms with Crippen LogP contribution in [-0.4, -0.2) is 9.97 Å². The van der Waals surface area contributed by atoms with Crippen LogP contribution in [0.2, 0.25) is 0 Å². The number of hydrogen-bond acceptors (Lipinski definition) is 4. The zero-order valence-electron chi connectivity index (χ0n) is 31.4. The van der Waals surface area contributed by atoms with E-state index in [1.165, 1.54) is 5.56 Å². The predicted molar refractivity (Wildman–Crippen MR) is 233 cm³/mol. The summed E-state index contributed by atoms with van der Waals surface area (Å²) in [5, 5.41) is 4.17. The van der Waals surface area contributed by atoms with Crippen molar-refractivity contribution >= 4 is 43.9 Å². The molecule has 4 heterocycles. The number of benzene rings is 7. The monoisotopic (exact) mass is 923 g/mol. The van der Waals surface area contributed by atoms with E-state index in [1.807, 2.05) is 85.1 Å². The number of fused-ring (bicyclic) bond motifs is 7. The van der Waals surface area contributed by atoms with Gasteiger partial charge in [0.2, 0.25) is 0 Å². The van der Waals surface area contributed by atoms with Gasteiger partial charge in [-0.15, -0.1) is 71.8 Å². The van der Waals surface area contributed by atoms with Crippen LogP contribution in [0.5, 0.6) is 0 Å². The SMILES string of the molecule is Cc1cnc(-c2[c-]cccc2)cc1-c1cc2c3cc(-c4ccccc4)ccc3oc2c2oc3ccc(-c4ccccc4)cc3c12.[Ir].[c-]1ccccc1-c1ccccn1. The molecule has 0 aliphatic heterocycles. The molecule has 0 aliphatic carbocycles. The molecular formula is C53H34IrN2O2-2. The molecule has 4 aromatic heterocycles. The van der Waals surface area contributed by atoms with Crippen LogP contribution in [0.15, 0.2) is 197 Å². The molecule has 4 nitrogen and oxygen atoms in total. The van der Waals surface area contributed by atoms with Gasteiger partial charge < -0.3 is 18.8 Å². The van der Waals surface area contributed by atoms with E-state index in [2.05, 4.69) is 121 Å². The Bertz CT molecular complexity index is 3120. The van der Waals surface area contributed by atoms with Crippen LogP contribution < -0.4 is 0 Å². The first-order valence-corrected chi connectivity index (χ1v) is 19.0. The normalized spacial score (nSPS) is 11.1. The number of nitrogens with zero attached hydrogens (tertiary/aromatic N) is 2. The third-order valence-electron chi connectivity index (χ3n) is 10.4. The van der Waals surface area contributed by atoms with Gasteiger partial charge in [0.1, 0.15) is 11.2 Å². The van der Waals surface area contributed by atoms with Crippen LogP contribution in [-0.2, 0) is 20.1 Å². The molecule has 0 saturated carbocycles. The number of rotatable bonds is 5. The van der Waals surface area contributed by atoms with E-state index >= 15 is 0 Å². The molecule has 1 radical (unpaired) electrons. The number of furan rings is 2. The van der Waals surface area contributed by atoms with E-state index in [0.717, 1.165) is 99.8 Å². The topological polar surface area (TPSA) is 52.1 Å². The summed E-state index contributed by atoms with van der Waals surface area (Å²) in [5.74, 6) is 0. The molecule has 11 aromatic rings. The Labute approximate surface area is 349 Å². The molecule has 11 rings (SSSR count). The molecule has 0 saturated heterocycles. The van der Waals surface area contributed by atoms with Crippen molar-refractivity contribution in [3.05, 3.63) is 206 Å². The zero-order valence-corrected chi connectivity index (χ0v) is 33.8. The molecule has 0 fully saturated rings. The summed E-state index contributed by atoms with van der Waals surface area (Å²) in [5.41, 5.74) is 14.9. The summed E-state index contributed by atoms with van der Waals surface area (Å²) in [4.78, 5) is 9.01. The molecule has 7 aromatic carbocycles. The maximum atomic E-state index is 6.70. The van der Waals surface area contributed by atoms with E-state index in [4.69, 9.17) is 13.8 Å². The standard InChI is InChI=1S/C42H26NO2.C11H8N.Ir/c1-26-25-43-37(29-15-9-4-10-16-29)24-32(26)34-23-35-33-21-30(27-11-5-2-6-12-27)17-19-38(33)44-41(35)42-40(34)36-22-31(18-20-39(36)45-42)28-13-7-3-8-14-28;1-2-6-10(7-3-1)11-8-4-5-9-12-11;/h2-15,17-25H,1H3;1-6,8-9H;/q2*-1;. The summed E-state index contributed by atoms with van der Waals surface area (Å²) >= 11 is 0. The third-order valence-corrected chi connectivity index (χ3v) is 10.4. The van der Waals surface area contributed by atoms with Crippen molar-refractivity contribution in [3.8, 4) is 55.9 Å². The van der Waals surface area contributed by atoms with Gasteiger partial charge >= 0.3 is 0 Å². The third kappa shape index (κ3) is 6.92. The van der Waals surface area contributed by atoms with Gasteiger partial charge in [0.25, 0.3) is 0 Å². The van der Waals surface area contributed by atoms with Gasteiger partial charge in [-0.25, -0.2) is 0 Å². The van der Waals surface area contributed by atoms with Crippen molar-refractivity contribution in [2.75, 3.05) is 0 Å². The smallest absolute Gasteiger partial charge is 0.179 e. The average Bonchev–Trinajstić information content (AvgIpc) is 3.86. The Hall–Kier alpha value is -6.91. The predicted octanol–water partition coefficient (Wildman–Crippen LogP) is 14.2. The Morgan fingerprint density at radius 3 is 1.66 bits per heavy atom. The minimum atomic E-state index is 0. The van der Waals surface area contributed by atoms with Crippen molar-refractivity contribution in [2.24, 2.45) is 0 Å². The van der Waals surface area contributed by atoms with E-state index in [1.54, 1.807) is 6.20 Å². The molecular weight excluding hydrogens is 889 g/mol. The van der Waals surface area contributed by atoms with Crippen LogP contribution >= 0.6 is 0 Å². The van der Waals surface area contributed by atoms with Gasteiger partial charge in [0, 0.05) is 54.0 Å². The van der Waals surface area contributed by atoms with Crippen LogP contribution in [0.3, 0.4) is 0 Å². The largest absolute Gasteiger partial charge is 0.452 e. The van der Waals surface area contributed by atoms with Crippen LogP contribution in [0.1, 0.15) is 5.56 Å². The zero-order chi connectivity index (χ0) is 38.1. The molecule has 0 amide bonds. The summed E-state index contributed by atoms with van der Waals surface area (Å²) in [6, 6.07) is 66.4. The first-order chi connectivity index (χ1) is 28.2. The fourth-order valence-corrected chi connectivity index (χ4v) is 7.59. The summed E-state index contributed by atoms with van der Waals surface area (Å²) in [6.45, 7) is 2.12. The summed E-state index contributed by atoms with van der Waals surface area (Å²) in [6.07, 6.45) is 3.75. The van der Waals surface area contributed by atoms with Crippen molar-refractivity contribution in [2.45, 2.75) is 6.92 Å². The quantitative estimate of drug-likeness (QED) is 0.161. The molecule has 0 atom stereocenters. The van der Waals surface area contributed by atoms with Gasteiger partial charge in [-0.3, -0.25) is 0 Å². The molecule has 5 heteroatoms. The second kappa shape index (κ2) is 15.9. The first kappa shape index (κ1) is 36.7. The first-order valence-electron chi connectivity index (χ1n) is 19.0. The van der Waals surface area contributed by atoms with Crippen molar-refractivity contribution in [3.63, 3.8) is 0 Å². The van der Waals surface area contributed by atoms with E-state index in [-0.39, 0.29) is 20.1 Å². The Morgan fingerprint density at radius 1 is 0.448 bits per heavy atom. The number of aromatic nitrogens is 2. The second-order valence-corrected chi connectivity index (χ2v) is 14.0. The van der Waals surface area contributed by atoms with Gasteiger partial charge in [-0.05, 0) is 93.7 Å². The van der Waals surface area contributed by atoms with Crippen molar-refractivity contribution < 1.29 is 28.9 Å². The van der Waals surface area contributed by atoms with Crippen molar-refractivity contribution in [1.29, 1.82) is 0 Å². The van der Waals surface area contributed by atoms with Crippen LogP contribution in [0.25, 0.3) is 99.8 Å². The number of hydrogen-bond donors (Lipinski definition) is 0. The van der Waals surface area contributed by atoms with E-state index in [9.17, 15) is 0 Å². The molecule has 279 valence electrons. The minimum Gasteiger partial charge on any atom is -0.452 e. The summed E-state index contributed by atoms with van der Waals surface area (Å²) in [7, 11) is 0. The van der Waals surface area contributed by atoms with Gasteiger partial charge in [0.15, 0.2) is 11.2 Å².